The lowest BCUT2D eigenvalue weighted by atomic mass is 10.0. The molecular formula is C26H27Cl2N5O4. The maximum Gasteiger partial charge on any atom is 0.246 e. The molecule has 1 aliphatic heterocycles. The molecule has 11 heteroatoms. The number of amides is 2. The molecule has 2 aromatic carbocycles. The van der Waals surface area contributed by atoms with Crippen LogP contribution in [0.25, 0.3) is 22.0 Å². The molecule has 0 spiro atoms. The third kappa shape index (κ3) is 5.14. The van der Waals surface area contributed by atoms with Gasteiger partial charge in [0.05, 0.1) is 29.8 Å². The van der Waals surface area contributed by atoms with E-state index in [0.717, 1.165) is 10.9 Å². The van der Waals surface area contributed by atoms with Crippen LogP contribution in [-0.4, -0.2) is 78.5 Å². The second-order valence-corrected chi connectivity index (χ2v) is 9.53. The molecule has 194 valence electrons. The van der Waals surface area contributed by atoms with Gasteiger partial charge in [-0.2, -0.15) is 0 Å². The summed E-state index contributed by atoms with van der Waals surface area (Å²) >= 11 is 13.2. The van der Waals surface area contributed by atoms with Crippen molar-refractivity contribution in [3.63, 3.8) is 0 Å². The molecule has 0 aliphatic carbocycles. The molecule has 1 fully saturated rings. The molecule has 3 aromatic rings. The number of carbonyl (C=O) groups is 2. The predicted molar refractivity (Wildman–Crippen MR) is 145 cm³/mol. The number of hydrogen-bond donors (Lipinski definition) is 1. The van der Waals surface area contributed by atoms with E-state index in [1.165, 1.54) is 30.1 Å². The van der Waals surface area contributed by atoms with Crippen molar-refractivity contribution in [1.29, 1.82) is 0 Å². The minimum absolute atomic E-state index is 0.141. The molecule has 37 heavy (non-hydrogen) atoms. The van der Waals surface area contributed by atoms with Gasteiger partial charge in [0.25, 0.3) is 0 Å². The Morgan fingerprint density at radius 1 is 1.16 bits per heavy atom. The van der Waals surface area contributed by atoms with E-state index in [4.69, 9.17) is 32.7 Å². The van der Waals surface area contributed by atoms with Gasteiger partial charge in [0, 0.05) is 49.9 Å². The fourth-order valence-electron chi connectivity index (χ4n) is 4.41. The first-order chi connectivity index (χ1) is 17.7. The summed E-state index contributed by atoms with van der Waals surface area (Å²) in [5.74, 6) is 0.857. The molecule has 0 bridgehead atoms. The highest BCUT2D eigenvalue weighted by molar-refractivity contribution is 6.41. The molecule has 1 N–H and O–H groups in total. The predicted octanol–water partition coefficient (Wildman–Crippen LogP) is 4.28. The van der Waals surface area contributed by atoms with E-state index < -0.39 is 6.04 Å². The molecule has 0 unspecified atom stereocenters. The lowest BCUT2D eigenvalue weighted by Crippen LogP contribution is -2.44. The summed E-state index contributed by atoms with van der Waals surface area (Å²) < 4.78 is 10.8. The zero-order chi connectivity index (χ0) is 26.9. The summed E-state index contributed by atoms with van der Waals surface area (Å²) in [7, 11) is 6.39. The van der Waals surface area contributed by atoms with Crippen molar-refractivity contribution in [2.24, 2.45) is 0 Å². The Kier molecular flexibility index (Phi) is 7.75. The van der Waals surface area contributed by atoms with E-state index in [-0.39, 0.29) is 17.9 Å². The number of aromatic nitrogens is 2. The van der Waals surface area contributed by atoms with Crippen LogP contribution in [0.4, 0.5) is 5.95 Å². The molecule has 1 saturated heterocycles. The number of nitrogens with one attached hydrogen (secondary N) is 1. The topological polar surface area (TPSA) is 96.9 Å². The molecule has 4 rings (SSSR count). The molecular weight excluding hydrogens is 517 g/mol. The van der Waals surface area contributed by atoms with Gasteiger partial charge in [-0.3, -0.25) is 9.59 Å². The van der Waals surface area contributed by atoms with Crippen molar-refractivity contribution in [1.82, 2.24) is 19.8 Å². The minimum Gasteiger partial charge on any atom is -0.495 e. The number of benzene rings is 2. The molecule has 0 radical (unpaired) electrons. The van der Waals surface area contributed by atoms with Gasteiger partial charge < -0.3 is 24.6 Å². The second kappa shape index (κ2) is 10.8. The fourth-order valence-corrected chi connectivity index (χ4v) is 5.13. The van der Waals surface area contributed by atoms with E-state index in [1.54, 1.807) is 26.4 Å². The van der Waals surface area contributed by atoms with Gasteiger partial charge >= 0.3 is 0 Å². The number of anilines is 1. The van der Waals surface area contributed by atoms with Gasteiger partial charge in [0.15, 0.2) is 0 Å². The summed E-state index contributed by atoms with van der Waals surface area (Å²) in [4.78, 5) is 37.1. The number of likely N-dealkylation sites (tertiary alicyclic amines) is 1. The van der Waals surface area contributed by atoms with E-state index in [2.05, 4.69) is 21.9 Å². The highest BCUT2D eigenvalue weighted by Gasteiger charge is 2.39. The Bertz CT molecular complexity index is 1350. The highest BCUT2D eigenvalue weighted by atomic mass is 35.5. The van der Waals surface area contributed by atoms with Crippen LogP contribution in [0.2, 0.25) is 10.0 Å². The van der Waals surface area contributed by atoms with Gasteiger partial charge in [0.2, 0.25) is 17.8 Å². The lowest BCUT2D eigenvalue weighted by molar-refractivity contribution is -0.139. The standard InChI is InChI=1S/C26H27Cl2N5O4/c1-6-21(34)33-13-16(10-18(33)25(35)32(2)3)30-26-29-12-15-9-14(7-8-17(15)31-26)22-23(27)19(36-4)11-20(37-5)24(22)28/h6-9,11-12,16,18H,1,10,13H2,2-5H3,(H,29,30,31)/t16-,18-/m0/s1. The smallest absolute Gasteiger partial charge is 0.246 e. The number of carbonyl (C=O) groups excluding carboxylic acids is 2. The van der Waals surface area contributed by atoms with Gasteiger partial charge in [0.1, 0.15) is 17.5 Å². The van der Waals surface area contributed by atoms with Crippen molar-refractivity contribution in [2.45, 2.75) is 18.5 Å². The third-order valence-corrected chi connectivity index (χ3v) is 7.01. The zero-order valence-corrected chi connectivity index (χ0v) is 22.4. The monoisotopic (exact) mass is 543 g/mol. The summed E-state index contributed by atoms with van der Waals surface area (Å²) in [5.41, 5.74) is 2.03. The Labute approximate surface area is 225 Å². The van der Waals surface area contributed by atoms with Crippen LogP contribution < -0.4 is 14.8 Å². The minimum atomic E-state index is -0.574. The third-order valence-electron chi connectivity index (χ3n) is 6.26. The van der Waals surface area contributed by atoms with E-state index in [0.29, 0.717) is 51.5 Å². The van der Waals surface area contributed by atoms with Crippen LogP contribution in [0.5, 0.6) is 11.5 Å². The fraction of sp³-hybridized carbons (Fsp3) is 0.308. The summed E-state index contributed by atoms with van der Waals surface area (Å²) in [6.07, 6.45) is 3.35. The lowest BCUT2D eigenvalue weighted by Gasteiger charge is -2.24. The van der Waals surface area contributed by atoms with E-state index in [1.807, 2.05) is 18.2 Å². The first-order valence-corrected chi connectivity index (χ1v) is 12.2. The number of halogens is 2. The maximum absolute atomic E-state index is 12.6. The van der Waals surface area contributed by atoms with Crippen LogP contribution in [0.1, 0.15) is 6.42 Å². The zero-order valence-electron chi connectivity index (χ0n) is 20.9. The van der Waals surface area contributed by atoms with Crippen molar-refractivity contribution in [2.75, 3.05) is 40.2 Å². The molecule has 1 aliphatic rings. The van der Waals surface area contributed by atoms with Crippen LogP contribution >= 0.6 is 23.2 Å². The number of hydrogen-bond acceptors (Lipinski definition) is 7. The van der Waals surface area contributed by atoms with Crippen LogP contribution in [-0.2, 0) is 9.59 Å². The van der Waals surface area contributed by atoms with Gasteiger partial charge in [-0.05, 0) is 30.2 Å². The Balaban J connectivity index is 1.61. The van der Waals surface area contributed by atoms with Crippen LogP contribution in [0.15, 0.2) is 43.1 Å². The average molecular weight is 544 g/mol. The Hall–Kier alpha value is -3.56. The quantitative estimate of drug-likeness (QED) is 0.444. The van der Waals surface area contributed by atoms with Gasteiger partial charge in [-0.1, -0.05) is 35.8 Å². The van der Waals surface area contributed by atoms with Gasteiger partial charge in [-0.15, -0.1) is 0 Å². The molecule has 2 atom stereocenters. The summed E-state index contributed by atoms with van der Waals surface area (Å²) in [6, 6.07) is 6.45. The molecule has 2 amide bonds. The van der Waals surface area contributed by atoms with E-state index in [9.17, 15) is 9.59 Å². The number of nitrogens with zero attached hydrogens (tertiary/aromatic N) is 4. The largest absolute Gasteiger partial charge is 0.495 e. The maximum atomic E-state index is 12.6. The van der Waals surface area contributed by atoms with Crippen molar-refractivity contribution >= 4 is 51.9 Å². The van der Waals surface area contributed by atoms with Crippen molar-refractivity contribution in [3.8, 4) is 22.6 Å². The average Bonchev–Trinajstić information content (AvgIpc) is 3.31. The highest BCUT2D eigenvalue weighted by Crippen LogP contribution is 2.46. The van der Waals surface area contributed by atoms with Crippen LogP contribution in [0, 0.1) is 0 Å². The normalized spacial score (nSPS) is 17.0. The molecule has 2 heterocycles. The summed E-state index contributed by atoms with van der Waals surface area (Å²) in [6.45, 7) is 3.89. The first kappa shape index (κ1) is 26.5. The van der Waals surface area contributed by atoms with Crippen molar-refractivity contribution in [3.05, 3.63) is 53.2 Å². The molecule has 0 saturated carbocycles. The second-order valence-electron chi connectivity index (χ2n) is 8.77. The molecule has 9 nitrogen and oxygen atoms in total. The number of likely N-dealkylation sites (N-methyl/N-ethyl adjacent to an activating group) is 1. The number of methoxy groups -OCH3 is 2. The first-order valence-electron chi connectivity index (χ1n) is 11.5. The number of fused-ring (bicyclic) bond motifs is 1. The van der Waals surface area contributed by atoms with Gasteiger partial charge in [-0.25, -0.2) is 9.97 Å². The Morgan fingerprint density at radius 2 is 1.84 bits per heavy atom. The number of rotatable bonds is 7. The molecule has 1 aromatic heterocycles. The number of ether oxygens (including phenoxy) is 2. The van der Waals surface area contributed by atoms with E-state index >= 15 is 0 Å². The SMILES string of the molecule is C=CC(=O)N1C[C@@H](Nc2ncc3cc(-c4c(Cl)c(OC)cc(OC)c4Cl)ccc3n2)C[C@H]1C(=O)N(C)C. The van der Waals surface area contributed by atoms with Crippen molar-refractivity contribution < 1.29 is 19.1 Å². The Morgan fingerprint density at radius 3 is 2.43 bits per heavy atom. The summed E-state index contributed by atoms with van der Waals surface area (Å²) in [5, 5.41) is 4.77. The van der Waals surface area contributed by atoms with Crippen LogP contribution in [0.3, 0.4) is 0 Å².